The first kappa shape index (κ1) is 13.4. The summed E-state index contributed by atoms with van der Waals surface area (Å²) in [4.78, 5) is 0. The van der Waals surface area contributed by atoms with Gasteiger partial charge in [0.2, 0.25) is 0 Å². The number of rotatable bonds is 5. The molecule has 1 aromatic carbocycles. The van der Waals surface area contributed by atoms with E-state index in [2.05, 4.69) is 25.4 Å². The molecule has 2 N–H and O–H groups in total. The van der Waals surface area contributed by atoms with Gasteiger partial charge in [-0.25, -0.2) is 0 Å². The Morgan fingerprint density at radius 3 is 2.62 bits per heavy atom. The van der Waals surface area contributed by atoms with Crippen LogP contribution in [0, 0.1) is 6.92 Å². The molecule has 0 aromatic heterocycles. The number of aryl methyl sites for hydroxylation is 1. The van der Waals surface area contributed by atoms with E-state index in [0.29, 0.717) is 11.0 Å². The number of phenols is 1. The highest BCUT2D eigenvalue weighted by Crippen LogP contribution is 2.25. The number of aromatic hydroxyl groups is 1. The summed E-state index contributed by atoms with van der Waals surface area (Å²) < 4.78 is 0. The van der Waals surface area contributed by atoms with Crippen LogP contribution in [0.4, 0.5) is 0 Å². The van der Waals surface area contributed by atoms with E-state index in [4.69, 9.17) is 0 Å². The lowest BCUT2D eigenvalue weighted by molar-refractivity contribution is 0.452. The van der Waals surface area contributed by atoms with Gasteiger partial charge in [-0.1, -0.05) is 19.1 Å². The van der Waals surface area contributed by atoms with Crippen molar-refractivity contribution in [3.63, 3.8) is 0 Å². The van der Waals surface area contributed by atoms with Crippen LogP contribution in [0.15, 0.2) is 18.2 Å². The third-order valence-corrected chi connectivity index (χ3v) is 3.74. The first-order valence-electron chi connectivity index (χ1n) is 5.60. The highest BCUT2D eigenvalue weighted by molar-refractivity contribution is 7.99. The molecule has 0 heterocycles. The quantitative estimate of drug-likeness (QED) is 0.828. The fourth-order valence-corrected chi connectivity index (χ4v) is 1.82. The Hall–Kier alpha value is -0.670. The highest BCUT2D eigenvalue weighted by atomic mass is 32.2. The molecular weight excluding hydrogens is 218 g/mol. The Kier molecular flexibility index (Phi) is 5.16. The molecule has 3 heteroatoms. The maximum absolute atomic E-state index is 9.84. The van der Waals surface area contributed by atoms with Crippen molar-refractivity contribution in [3.05, 3.63) is 29.3 Å². The predicted octanol–water partition coefficient (Wildman–Crippen LogP) is 3.10. The lowest BCUT2D eigenvalue weighted by Gasteiger charge is -2.18. The molecule has 0 fully saturated rings. The van der Waals surface area contributed by atoms with E-state index >= 15 is 0 Å². The molecule has 0 saturated carbocycles. The smallest absolute Gasteiger partial charge is 0.120 e. The first-order valence-corrected chi connectivity index (χ1v) is 6.89. The van der Waals surface area contributed by atoms with Gasteiger partial charge < -0.3 is 10.4 Å². The molecule has 2 unspecified atom stereocenters. The molecule has 0 bridgehead atoms. The van der Waals surface area contributed by atoms with Crippen molar-refractivity contribution in [3.8, 4) is 5.75 Å². The molecule has 2 atom stereocenters. The van der Waals surface area contributed by atoms with Gasteiger partial charge in [0.25, 0.3) is 0 Å². The molecule has 16 heavy (non-hydrogen) atoms. The molecule has 90 valence electrons. The number of hydrogen-bond donors (Lipinski definition) is 2. The molecule has 0 aliphatic rings. The fraction of sp³-hybridized carbons (Fsp3) is 0.538. The number of nitrogens with one attached hydrogen (secondary N) is 1. The van der Waals surface area contributed by atoms with Crippen molar-refractivity contribution in [2.45, 2.75) is 32.1 Å². The molecule has 2 nitrogen and oxygen atoms in total. The van der Waals surface area contributed by atoms with Crippen molar-refractivity contribution < 1.29 is 5.11 Å². The molecule has 0 aliphatic carbocycles. The molecule has 1 rings (SSSR count). The normalized spacial score (nSPS) is 14.8. The van der Waals surface area contributed by atoms with Crippen molar-refractivity contribution in [1.29, 1.82) is 0 Å². The molecular formula is C13H21NOS. The maximum Gasteiger partial charge on any atom is 0.120 e. The number of phenolic OH excluding ortho intramolecular Hbond substituents is 1. The summed E-state index contributed by atoms with van der Waals surface area (Å²) in [6.45, 7) is 7.21. The third kappa shape index (κ3) is 3.72. The van der Waals surface area contributed by atoms with E-state index < -0.39 is 0 Å². The lowest BCUT2D eigenvalue weighted by atomic mass is 10.1. The SMILES string of the molecule is CSC(C)CNC(C)c1ccc(C)cc1O. The second kappa shape index (κ2) is 6.16. The summed E-state index contributed by atoms with van der Waals surface area (Å²) in [7, 11) is 0. The average Bonchev–Trinajstić information content (AvgIpc) is 2.25. The number of benzene rings is 1. The Balaban J connectivity index is 2.62. The summed E-state index contributed by atoms with van der Waals surface area (Å²) >= 11 is 1.84. The maximum atomic E-state index is 9.84. The van der Waals surface area contributed by atoms with Gasteiger partial charge in [-0.15, -0.1) is 0 Å². The predicted molar refractivity (Wildman–Crippen MR) is 72.2 cm³/mol. The van der Waals surface area contributed by atoms with Gasteiger partial charge in [0.05, 0.1) is 0 Å². The first-order chi connectivity index (χ1) is 7.54. The summed E-state index contributed by atoms with van der Waals surface area (Å²) in [5, 5.41) is 13.9. The van der Waals surface area contributed by atoms with Crippen molar-refractivity contribution >= 4 is 11.8 Å². The van der Waals surface area contributed by atoms with Gasteiger partial charge in [0, 0.05) is 23.4 Å². The van der Waals surface area contributed by atoms with Gasteiger partial charge in [0.1, 0.15) is 5.75 Å². The van der Waals surface area contributed by atoms with Crippen molar-refractivity contribution in [2.75, 3.05) is 12.8 Å². The van der Waals surface area contributed by atoms with E-state index in [9.17, 15) is 5.11 Å². The van der Waals surface area contributed by atoms with Crippen LogP contribution in [0.2, 0.25) is 0 Å². The Bertz CT molecular complexity index is 341. The van der Waals surface area contributed by atoms with Crippen LogP contribution in [0.1, 0.15) is 31.0 Å². The molecule has 0 spiro atoms. The Morgan fingerprint density at radius 2 is 2.06 bits per heavy atom. The summed E-state index contributed by atoms with van der Waals surface area (Å²) in [5.74, 6) is 0.386. The van der Waals surface area contributed by atoms with Crippen LogP contribution < -0.4 is 5.32 Å². The van der Waals surface area contributed by atoms with E-state index in [1.165, 1.54) is 0 Å². The summed E-state index contributed by atoms with van der Waals surface area (Å²) in [6, 6.07) is 6.03. The third-order valence-electron chi connectivity index (χ3n) is 2.77. The van der Waals surface area contributed by atoms with Crippen LogP contribution in [0.5, 0.6) is 5.75 Å². The summed E-state index contributed by atoms with van der Waals surface area (Å²) in [6.07, 6.45) is 2.11. The minimum Gasteiger partial charge on any atom is -0.508 e. The van der Waals surface area contributed by atoms with Crippen LogP contribution in [-0.4, -0.2) is 23.2 Å². The van der Waals surface area contributed by atoms with Gasteiger partial charge in [0.15, 0.2) is 0 Å². The van der Waals surface area contributed by atoms with Crippen LogP contribution in [0.3, 0.4) is 0 Å². The van der Waals surface area contributed by atoms with Gasteiger partial charge in [-0.05, 0) is 31.7 Å². The van der Waals surface area contributed by atoms with Crippen LogP contribution in [0.25, 0.3) is 0 Å². The van der Waals surface area contributed by atoms with Crippen LogP contribution >= 0.6 is 11.8 Å². The van der Waals surface area contributed by atoms with E-state index in [1.54, 1.807) is 0 Å². The zero-order valence-electron chi connectivity index (χ0n) is 10.4. The second-order valence-corrected chi connectivity index (χ2v) is 5.51. The molecule has 0 amide bonds. The zero-order valence-corrected chi connectivity index (χ0v) is 11.3. The Morgan fingerprint density at radius 1 is 1.38 bits per heavy atom. The molecule has 0 aliphatic heterocycles. The largest absolute Gasteiger partial charge is 0.508 e. The monoisotopic (exact) mass is 239 g/mol. The van der Waals surface area contributed by atoms with E-state index in [0.717, 1.165) is 17.7 Å². The van der Waals surface area contributed by atoms with Gasteiger partial charge >= 0.3 is 0 Å². The Labute approximate surface area is 102 Å². The standard InChI is InChI=1S/C13H21NOS/c1-9-5-6-12(13(15)7-9)11(3)14-8-10(2)16-4/h5-7,10-11,14-15H,8H2,1-4H3. The topological polar surface area (TPSA) is 32.3 Å². The van der Waals surface area contributed by atoms with E-state index in [-0.39, 0.29) is 6.04 Å². The minimum absolute atomic E-state index is 0.190. The van der Waals surface area contributed by atoms with Gasteiger partial charge in [-0.2, -0.15) is 11.8 Å². The van der Waals surface area contributed by atoms with Crippen molar-refractivity contribution in [1.82, 2.24) is 5.32 Å². The fourth-order valence-electron chi connectivity index (χ4n) is 1.56. The van der Waals surface area contributed by atoms with Crippen LogP contribution in [-0.2, 0) is 0 Å². The molecule has 0 radical (unpaired) electrons. The number of thioether (sulfide) groups is 1. The average molecular weight is 239 g/mol. The number of hydrogen-bond acceptors (Lipinski definition) is 3. The highest BCUT2D eigenvalue weighted by Gasteiger charge is 2.10. The molecule has 1 aromatic rings. The second-order valence-electron chi connectivity index (χ2n) is 4.24. The van der Waals surface area contributed by atoms with Crippen molar-refractivity contribution in [2.24, 2.45) is 0 Å². The van der Waals surface area contributed by atoms with E-state index in [1.807, 2.05) is 36.9 Å². The zero-order chi connectivity index (χ0) is 12.1. The molecule has 0 saturated heterocycles. The summed E-state index contributed by atoms with van der Waals surface area (Å²) in [5.41, 5.74) is 2.06. The van der Waals surface area contributed by atoms with Gasteiger partial charge in [-0.3, -0.25) is 0 Å². The lowest BCUT2D eigenvalue weighted by Crippen LogP contribution is -2.25. The minimum atomic E-state index is 0.190.